The van der Waals surface area contributed by atoms with Gasteiger partial charge in [-0.25, -0.2) is 0 Å². The van der Waals surface area contributed by atoms with Gasteiger partial charge in [0, 0.05) is 24.0 Å². The minimum absolute atomic E-state index is 0.0996. The van der Waals surface area contributed by atoms with Gasteiger partial charge in [0.25, 0.3) is 11.8 Å². The van der Waals surface area contributed by atoms with Gasteiger partial charge in [-0.15, -0.1) is 0 Å². The molecule has 6 nitrogen and oxygen atoms in total. The third-order valence-corrected chi connectivity index (χ3v) is 8.95. The van der Waals surface area contributed by atoms with Gasteiger partial charge in [0.1, 0.15) is 11.4 Å². The molecule has 1 aliphatic heterocycles. The molecule has 1 aromatic heterocycles. The van der Waals surface area contributed by atoms with E-state index in [1.54, 1.807) is 7.11 Å². The van der Waals surface area contributed by atoms with E-state index in [9.17, 15) is 9.59 Å². The maximum atomic E-state index is 14.8. The Morgan fingerprint density at radius 2 is 1.63 bits per heavy atom. The second kappa shape index (κ2) is 11.4. The highest BCUT2D eigenvalue weighted by atomic mass is 16.5. The predicted octanol–water partition coefficient (Wildman–Crippen LogP) is 6.74. The summed E-state index contributed by atoms with van der Waals surface area (Å²) < 4.78 is 7.56. The van der Waals surface area contributed by atoms with E-state index >= 15 is 0 Å². The zero-order valence-corrected chi connectivity index (χ0v) is 24.1. The average Bonchev–Trinajstić information content (AvgIpc) is 3.35. The number of aryl methyl sites for hydroxylation is 1. The van der Waals surface area contributed by atoms with Crippen molar-refractivity contribution >= 4 is 22.7 Å². The number of rotatable bonds is 6. The first kappa shape index (κ1) is 27.1. The van der Waals surface area contributed by atoms with Gasteiger partial charge in [0.2, 0.25) is 0 Å². The zero-order valence-electron chi connectivity index (χ0n) is 24.1. The lowest BCUT2D eigenvalue weighted by atomic mass is 9.83. The Morgan fingerprint density at radius 3 is 2.34 bits per heavy atom. The third-order valence-electron chi connectivity index (χ3n) is 8.95. The van der Waals surface area contributed by atoms with Crippen molar-refractivity contribution in [2.45, 2.75) is 76.5 Å². The number of methoxy groups -OCH3 is 1. The topological polar surface area (TPSA) is 63.6 Å². The van der Waals surface area contributed by atoms with Crippen LogP contribution in [0.5, 0.6) is 5.75 Å². The molecule has 2 aliphatic rings. The van der Waals surface area contributed by atoms with Crippen molar-refractivity contribution in [1.82, 2.24) is 14.8 Å². The molecule has 6 rings (SSSR count). The minimum atomic E-state index is -1.23. The maximum Gasteiger partial charge on any atom is 0.272 e. The Bertz CT molecular complexity index is 1530. The molecule has 41 heavy (non-hydrogen) atoms. The van der Waals surface area contributed by atoms with Crippen molar-refractivity contribution in [3.05, 3.63) is 101 Å². The minimum Gasteiger partial charge on any atom is -0.497 e. The van der Waals surface area contributed by atoms with Crippen LogP contribution in [0.4, 0.5) is 0 Å². The number of benzene rings is 3. The standard InChI is InChI=1S/C35H39N3O3/c1-25-15-17-26(18-16-25)23-38-33(39)32-21-27-19-20-30(41-2)22-31(27)37(32)24-35(38,28-11-7-6-8-12-28)34(40)36-29-13-9-4-3-5-10-14-29/h6-8,11-12,15-22,29H,3-5,9-10,13-14,23-24H2,1-2H3,(H,36,40)/t35-/m0/s1. The van der Waals surface area contributed by atoms with Crippen molar-refractivity contribution in [3.8, 4) is 5.75 Å². The van der Waals surface area contributed by atoms with Crippen molar-refractivity contribution in [2.24, 2.45) is 0 Å². The van der Waals surface area contributed by atoms with Gasteiger partial charge in [-0.1, -0.05) is 92.3 Å². The Kier molecular flexibility index (Phi) is 7.57. The van der Waals surface area contributed by atoms with Crippen LogP contribution >= 0.6 is 0 Å². The molecular formula is C35H39N3O3. The van der Waals surface area contributed by atoms with E-state index in [4.69, 9.17) is 4.74 Å². The Labute approximate surface area is 242 Å². The highest BCUT2D eigenvalue weighted by Gasteiger charge is 2.52. The van der Waals surface area contributed by atoms with Gasteiger partial charge in [-0.05, 0) is 49.1 Å². The largest absolute Gasteiger partial charge is 0.497 e. The number of ether oxygens (including phenoxy) is 1. The first-order valence-electron chi connectivity index (χ1n) is 14.9. The van der Waals surface area contributed by atoms with Gasteiger partial charge in [-0.2, -0.15) is 0 Å². The summed E-state index contributed by atoms with van der Waals surface area (Å²) in [6.45, 7) is 2.70. The van der Waals surface area contributed by atoms with Gasteiger partial charge < -0.3 is 19.5 Å². The smallest absolute Gasteiger partial charge is 0.272 e. The molecule has 2 heterocycles. The lowest BCUT2D eigenvalue weighted by Gasteiger charge is -2.47. The number of nitrogens with zero attached hydrogens (tertiary/aromatic N) is 2. The molecule has 6 heteroatoms. The van der Waals surface area contributed by atoms with Crippen LogP contribution < -0.4 is 10.1 Å². The zero-order chi connectivity index (χ0) is 28.4. The molecule has 0 saturated heterocycles. The molecule has 212 valence electrons. The number of carbonyl (C=O) groups is 2. The molecule has 4 aromatic rings. The van der Waals surface area contributed by atoms with E-state index in [2.05, 4.69) is 36.5 Å². The van der Waals surface area contributed by atoms with Gasteiger partial charge in [-0.3, -0.25) is 9.59 Å². The van der Waals surface area contributed by atoms with E-state index in [-0.39, 0.29) is 17.9 Å². The number of hydrogen-bond acceptors (Lipinski definition) is 3. The van der Waals surface area contributed by atoms with E-state index in [1.165, 1.54) is 19.3 Å². The normalized spacial score (nSPS) is 19.9. The van der Waals surface area contributed by atoms with Crippen molar-refractivity contribution in [3.63, 3.8) is 0 Å². The van der Waals surface area contributed by atoms with Crippen LogP contribution in [0.3, 0.4) is 0 Å². The first-order chi connectivity index (χ1) is 20.0. The summed E-state index contributed by atoms with van der Waals surface area (Å²) >= 11 is 0. The average molecular weight is 550 g/mol. The lowest BCUT2D eigenvalue weighted by molar-refractivity contribution is -0.136. The summed E-state index contributed by atoms with van der Waals surface area (Å²) in [6, 6.07) is 26.0. The number of carbonyl (C=O) groups excluding carboxylic acids is 2. The Morgan fingerprint density at radius 1 is 0.927 bits per heavy atom. The van der Waals surface area contributed by atoms with Crippen LogP contribution in [-0.2, 0) is 23.4 Å². The molecule has 0 bridgehead atoms. The molecule has 0 radical (unpaired) electrons. The predicted molar refractivity (Wildman–Crippen MR) is 162 cm³/mol. The molecule has 3 aromatic carbocycles. The van der Waals surface area contributed by atoms with Crippen LogP contribution in [0, 0.1) is 6.92 Å². The highest BCUT2D eigenvalue weighted by Crippen LogP contribution is 2.41. The second-order valence-electron chi connectivity index (χ2n) is 11.7. The van der Waals surface area contributed by atoms with Crippen LogP contribution in [-0.4, -0.2) is 34.4 Å². The fraction of sp³-hybridized carbons (Fsp3) is 0.371. The van der Waals surface area contributed by atoms with E-state index in [0.717, 1.165) is 59.0 Å². The van der Waals surface area contributed by atoms with Crippen LogP contribution in [0.2, 0.25) is 0 Å². The van der Waals surface area contributed by atoms with Crippen LogP contribution in [0.1, 0.15) is 72.1 Å². The second-order valence-corrected chi connectivity index (χ2v) is 11.7. The fourth-order valence-electron chi connectivity index (χ4n) is 6.61. The maximum absolute atomic E-state index is 14.8. The SMILES string of the molecule is COc1ccc2cc3n(c2c1)C[C@@](C(=O)NC1CCCCCCC1)(c1ccccc1)N(Cc1ccc(C)cc1)C3=O. The van der Waals surface area contributed by atoms with Gasteiger partial charge in [0.15, 0.2) is 5.54 Å². The number of hydrogen-bond donors (Lipinski definition) is 1. The van der Waals surface area contributed by atoms with Crippen molar-refractivity contribution < 1.29 is 14.3 Å². The van der Waals surface area contributed by atoms with Gasteiger partial charge >= 0.3 is 0 Å². The summed E-state index contributed by atoms with van der Waals surface area (Å²) in [5.74, 6) is 0.464. The van der Waals surface area contributed by atoms with E-state index < -0.39 is 5.54 Å². The molecule has 1 aliphatic carbocycles. The summed E-state index contributed by atoms with van der Waals surface area (Å²) in [6.07, 6.45) is 7.84. The van der Waals surface area contributed by atoms with Crippen LogP contribution in [0.15, 0.2) is 78.9 Å². The fourth-order valence-corrected chi connectivity index (χ4v) is 6.61. The molecular weight excluding hydrogens is 510 g/mol. The van der Waals surface area contributed by atoms with E-state index in [0.29, 0.717) is 18.8 Å². The summed E-state index contributed by atoms with van der Waals surface area (Å²) in [5.41, 5.74) is 3.22. The first-order valence-corrected chi connectivity index (χ1v) is 14.9. The molecule has 2 amide bonds. The monoisotopic (exact) mass is 549 g/mol. The van der Waals surface area contributed by atoms with Crippen molar-refractivity contribution in [1.29, 1.82) is 0 Å². The summed E-state index contributed by atoms with van der Waals surface area (Å²) in [7, 11) is 1.65. The molecule has 1 fully saturated rings. The van der Waals surface area contributed by atoms with Crippen molar-refractivity contribution in [2.75, 3.05) is 7.11 Å². The van der Waals surface area contributed by atoms with E-state index in [1.807, 2.05) is 64.1 Å². The number of fused-ring (bicyclic) bond motifs is 3. The molecule has 1 N–H and O–H groups in total. The summed E-state index contributed by atoms with van der Waals surface area (Å²) in [4.78, 5) is 31.2. The van der Waals surface area contributed by atoms with Gasteiger partial charge in [0.05, 0.1) is 19.2 Å². The molecule has 0 unspecified atom stereocenters. The molecule has 1 atom stereocenters. The Balaban J connectivity index is 1.52. The molecule has 0 spiro atoms. The lowest BCUT2D eigenvalue weighted by Crippen LogP contribution is -2.64. The van der Waals surface area contributed by atoms with Crippen LogP contribution in [0.25, 0.3) is 10.9 Å². The number of amides is 2. The quantitative estimate of drug-likeness (QED) is 0.290. The highest BCUT2D eigenvalue weighted by molar-refractivity contribution is 6.04. The Hall–Kier alpha value is -4.06. The third kappa shape index (κ3) is 5.12. The summed E-state index contributed by atoms with van der Waals surface area (Å²) in [5, 5.41) is 4.42. The number of nitrogens with one attached hydrogen (secondary N) is 1. The number of aromatic nitrogens is 1. The molecule has 1 saturated carbocycles.